The molecular weight excluding hydrogens is 451 g/mol. The summed E-state index contributed by atoms with van der Waals surface area (Å²) in [7, 11) is 0. The molecule has 1 fully saturated rings. The molecule has 1 saturated heterocycles. The Morgan fingerprint density at radius 2 is 1.94 bits per heavy atom. The molecule has 1 aromatic heterocycles. The van der Waals surface area contributed by atoms with Crippen molar-refractivity contribution in [1.82, 2.24) is 10.3 Å². The van der Waals surface area contributed by atoms with Crippen molar-refractivity contribution in [2.24, 2.45) is 4.99 Å². The zero-order valence-corrected chi connectivity index (χ0v) is 16.9. The Morgan fingerprint density at radius 1 is 1.12 bits per heavy atom. The van der Waals surface area contributed by atoms with Crippen molar-refractivity contribution in [2.45, 2.75) is 18.6 Å². The van der Waals surface area contributed by atoms with E-state index in [-0.39, 0.29) is 33.9 Å². The Labute approximate surface area is 182 Å². The number of carbonyl (C=O) groups is 1. The Bertz CT molecular complexity index is 1270. The van der Waals surface area contributed by atoms with Gasteiger partial charge in [-0.15, -0.1) is 11.3 Å². The van der Waals surface area contributed by atoms with Gasteiger partial charge in [0.2, 0.25) is 0 Å². The lowest BCUT2D eigenvalue weighted by Gasteiger charge is -2.24. The molecule has 3 aromatic rings. The number of hydrogen-bond donors (Lipinski definition) is 1. The van der Waals surface area contributed by atoms with Gasteiger partial charge < -0.3 is 5.32 Å². The number of carbonyl (C=O) groups excluding carboxylic acids is 1. The van der Waals surface area contributed by atoms with E-state index >= 15 is 4.39 Å². The topological polar surface area (TPSA) is 57.6 Å². The minimum atomic E-state index is -4.67. The van der Waals surface area contributed by atoms with Gasteiger partial charge in [0.1, 0.15) is 0 Å². The van der Waals surface area contributed by atoms with Crippen LogP contribution in [0.5, 0.6) is 0 Å². The third-order valence-corrected chi connectivity index (χ3v) is 6.43. The normalized spacial score (nSPS) is 17.7. The largest absolute Gasteiger partial charge is 0.443 e. The SMILES string of the molecule is O=C1NCC(c2ccc(-c3cnc(C(F)(F)F)s3)c(F)c2F)N1c1ccc2c(c1)N=CC2. The van der Waals surface area contributed by atoms with E-state index < -0.39 is 34.9 Å². The minimum Gasteiger partial charge on any atom is -0.335 e. The first-order chi connectivity index (χ1) is 15.2. The maximum absolute atomic E-state index is 15.1. The molecule has 2 aromatic carbocycles. The second-order valence-electron chi connectivity index (χ2n) is 7.26. The number of thiazole rings is 1. The van der Waals surface area contributed by atoms with Gasteiger partial charge in [-0.2, -0.15) is 13.2 Å². The number of nitrogens with one attached hydrogen (secondary N) is 1. The quantitative estimate of drug-likeness (QED) is 0.511. The van der Waals surface area contributed by atoms with Crippen LogP contribution in [-0.4, -0.2) is 23.8 Å². The first kappa shape index (κ1) is 20.6. The van der Waals surface area contributed by atoms with E-state index in [0.29, 0.717) is 17.8 Å². The molecule has 5 nitrogen and oxygen atoms in total. The van der Waals surface area contributed by atoms with Gasteiger partial charge in [0.05, 0.1) is 16.6 Å². The van der Waals surface area contributed by atoms with Crippen molar-refractivity contribution in [3.8, 4) is 10.4 Å². The number of aromatic nitrogens is 1. The number of rotatable bonds is 3. The number of nitrogens with zero attached hydrogens (tertiary/aromatic N) is 3. The fourth-order valence-electron chi connectivity index (χ4n) is 3.83. The molecule has 164 valence electrons. The van der Waals surface area contributed by atoms with E-state index in [4.69, 9.17) is 0 Å². The van der Waals surface area contributed by atoms with Crippen LogP contribution < -0.4 is 10.2 Å². The summed E-state index contributed by atoms with van der Waals surface area (Å²) < 4.78 is 68.4. The van der Waals surface area contributed by atoms with Gasteiger partial charge in [-0.05, 0) is 23.8 Å². The zero-order chi connectivity index (χ0) is 22.6. The number of halogens is 5. The molecule has 11 heteroatoms. The molecule has 0 spiro atoms. The Kier molecular flexibility index (Phi) is 4.73. The lowest BCUT2D eigenvalue weighted by atomic mass is 10.0. The van der Waals surface area contributed by atoms with Crippen LogP contribution in [0.15, 0.2) is 41.5 Å². The molecule has 32 heavy (non-hydrogen) atoms. The number of urea groups is 1. The van der Waals surface area contributed by atoms with E-state index in [1.807, 2.05) is 6.07 Å². The van der Waals surface area contributed by atoms with Gasteiger partial charge >= 0.3 is 12.2 Å². The molecule has 0 bridgehead atoms. The second-order valence-corrected chi connectivity index (χ2v) is 8.29. The highest BCUT2D eigenvalue weighted by Crippen LogP contribution is 2.40. The molecule has 1 atom stereocenters. The summed E-state index contributed by atoms with van der Waals surface area (Å²) >= 11 is 0.230. The molecule has 1 unspecified atom stereocenters. The van der Waals surface area contributed by atoms with Crippen molar-refractivity contribution < 1.29 is 26.7 Å². The van der Waals surface area contributed by atoms with Crippen LogP contribution in [0.2, 0.25) is 0 Å². The monoisotopic (exact) mass is 464 g/mol. The smallest absolute Gasteiger partial charge is 0.335 e. The van der Waals surface area contributed by atoms with Crippen LogP contribution >= 0.6 is 11.3 Å². The van der Waals surface area contributed by atoms with E-state index in [2.05, 4.69) is 15.3 Å². The Hall–Kier alpha value is -3.34. The molecule has 3 heterocycles. The van der Waals surface area contributed by atoms with Crippen LogP contribution in [0.25, 0.3) is 10.4 Å². The van der Waals surface area contributed by atoms with Crippen molar-refractivity contribution in [1.29, 1.82) is 0 Å². The lowest BCUT2D eigenvalue weighted by molar-refractivity contribution is -0.137. The average Bonchev–Trinajstić information content (AvgIpc) is 3.48. The summed E-state index contributed by atoms with van der Waals surface area (Å²) in [5.74, 6) is -2.52. The van der Waals surface area contributed by atoms with E-state index in [0.717, 1.165) is 11.8 Å². The number of anilines is 1. The minimum absolute atomic E-state index is 0.0354. The van der Waals surface area contributed by atoms with Gasteiger partial charge in [-0.1, -0.05) is 12.1 Å². The number of aliphatic imine (C=N–C) groups is 1. The number of benzene rings is 2. The molecule has 0 aliphatic carbocycles. The first-order valence-corrected chi connectivity index (χ1v) is 10.3. The Morgan fingerprint density at radius 3 is 2.69 bits per heavy atom. The molecule has 2 aliphatic heterocycles. The molecule has 2 amide bonds. The van der Waals surface area contributed by atoms with Crippen LogP contribution in [0.3, 0.4) is 0 Å². The number of fused-ring (bicyclic) bond motifs is 1. The lowest BCUT2D eigenvalue weighted by Crippen LogP contribution is -2.30. The van der Waals surface area contributed by atoms with E-state index in [1.54, 1.807) is 18.3 Å². The second kappa shape index (κ2) is 7.37. The summed E-state index contributed by atoms with van der Waals surface area (Å²) in [4.78, 5) is 21.2. The maximum atomic E-state index is 15.1. The van der Waals surface area contributed by atoms with Crippen molar-refractivity contribution in [3.63, 3.8) is 0 Å². The third-order valence-electron chi connectivity index (χ3n) is 5.35. The average molecular weight is 464 g/mol. The highest BCUT2D eigenvalue weighted by Gasteiger charge is 2.37. The molecule has 2 aliphatic rings. The first-order valence-electron chi connectivity index (χ1n) is 9.48. The van der Waals surface area contributed by atoms with Gasteiger partial charge in [-0.25, -0.2) is 18.6 Å². The van der Waals surface area contributed by atoms with Crippen LogP contribution in [0.4, 0.5) is 38.1 Å². The third kappa shape index (κ3) is 3.32. The highest BCUT2D eigenvalue weighted by atomic mass is 32.1. The molecule has 0 radical (unpaired) electrons. The molecular formula is C21H13F5N4OS. The Balaban J connectivity index is 1.52. The van der Waals surface area contributed by atoms with Crippen molar-refractivity contribution in [3.05, 3.63) is 64.3 Å². The van der Waals surface area contributed by atoms with Crippen LogP contribution in [0.1, 0.15) is 22.2 Å². The highest BCUT2D eigenvalue weighted by molar-refractivity contribution is 7.15. The number of alkyl halides is 3. The summed E-state index contributed by atoms with van der Waals surface area (Å²) in [6.45, 7) is 0.0354. The van der Waals surface area contributed by atoms with Gasteiger partial charge in [0.25, 0.3) is 0 Å². The van der Waals surface area contributed by atoms with Crippen LogP contribution in [0, 0.1) is 11.6 Å². The summed E-state index contributed by atoms with van der Waals surface area (Å²) in [6, 6.07) is 6.40. The van der Waals surface area contributed by atoms with E-state index in [1.165, 1.54) is 17.0 Å². The fourth-order valence-corrected chi connectivity index (χ4v) is 4.63. The van der Waals surface area contributed by atoms with Gasteiger partial charge in [0, 0.05) is 42.2 Å². The van der Waals surface area contributed by atoms with Gasteiger partial charge in [0.15, 0.2) is 16.6 Å². The van der Waals surface area contributed by atoms with E-state index in [9.17, 15) is 22.4 Å². The zero-order valence-electron chi connectivity index (χ0n) is 16.1. The summed E-state index contributed by atoms with van der Waals surface area (Å²) in [6.07, 6.45) is -1.38. The van der Waals surface area contributed by atoms with Gasteiger partial charge in [-0.3, -0.25) is 9.89 Å². The number of hydrogen-bond acceptors (Lipinski definition) is 4. The maximum Gasteiger partial charge on any atom is 0.443 e. The number of amides is 2. The predicted molar refractivity (Wildman–Crippen MR) is 109 cm³/mol. The van der Waals surface area contributed by atoms with Crippen molar-refractivity contribution >= 4 is 35.0 Å². The summed E-state index contributed by atoms with van der Waals surface area (Å²) in [5.41, 5.74) is 1.76. The molecule has 1 N–H and O–H groups in total. The standard InChI is InChI=1S/C21H13F5N4OS/c22-17-12(3-4-13(18(17)23)16-9-28-19(32-16)21(24,25)26)15-8-29-20(31)30(15)11-2-1-10-5-6-27-14(10)7-11/h1-4,6-7,9,15H,5,8H2,(H,29,31). The molecule has 5 rings (SSSR count). The fraction of sp³-hybridized carbons (Fsp3) is 0.190. The molecule has 0 saturated carbocycles. The van der Waals surface area contributed by atoms with Crippen molar-refractivity contribution in [2.75, 3.05) is 11.4 Å². The predicted octanol–water partition coefficient (Wildman–Crippen LogP) is 5.64. The van der Waals surface area contributed by atoms with Crippen LogP contribution in [-0.2, 0) is 12.6 Å². The summed E-state index contributed by atoms with van der Waals surface area (Å²) in [5, 5.41) is 1.48.